The second-order valence-electron chi connectivity index (χ2n) is 5.54. The van der Waals surface area contributed by atoms with Gasteiger partial charge in [-0.1, -0.05) is 13.3 Å². The number of nitrogens with one attached hydrogen (secondary N) is 3. The maximum absolute atomic E-state index is 11.2. The van der Waals surface area contributed by atoms with Crippen molar-refractivity contribution in [2.24, 2.45) is 0 Å². The van der Waals surface area contributed by atoms with E-state index in [4.69, 9.17) is 15.3 Å². The van der Waals surface area contributed by atoms with Gasteiger partial charge in [0.25, 0.3) is 0 Å². The summed E-state index contributed by atoms with van der Waals surface area (Å²) >= 11 is 0. The summed E-state index contributed by atoms with van der Waals surface area (Å²) in [6, 6.07) is -1.79. The average molecular weight is 347 g/mol. The lowest BCUT2D eigenvalue weighted by Crippen LogP contribution is -2.47. The number of unbranched alkanes of at least 4 members (excludes halogenated alkanes) is 1. The van der Waals surface area contributed by atoms with Crippen LogP contribution in [0.4, 0.5) is 0 Å². The number of carboxylic acid groups (broad SMARTS) is 3. The van der Waals surface area contributed by atoms with E-state index in [2.05, 4.69) is 22.9 Å². The van der Waals surface area contributed by atoms with Crippen LogP contribution in [-0.4, -0.2) is 65.1 Å². The van der Waals surface area contributed by atoms with Gasteiger partial charge in [-0.05, 0) is 38.8 Å². The Morgan fingerprint density at radius 1 is 0.875 bits per heavy atom. The van der Waals surface area contributed by atoms with Crippen LogP contribution in [0.3, 0.4) is 0 Å². The van der Waals surface area contributed by atoms with E-state index < -0.39 is 30.0 Å². The molecule has 9 nitrogen and oxygen atoms in total. The molecule has 0 rings (SSSR count). The van der Waals surface area contributed by atoms with Gasteiger partial charge in [0.1, 0.15) is 12.1 Å². The van der Waals surface area contributed by atoms with Crippen LogP contribution >= 0.6 is 0 Å². The van der Waals surface area contributed by atoms with E-state index in [9.17, 15) is 14.4 Å². The van der Waals surface area contributed by atoms with E-state index in [-0.39, 0.29) is 19.5 Å². The third kappa shape index (κ3) is 11.8. The van der Waals surface area contributed by atoms with Crippen molar-refractivity contribution in [1.82, 2.24) is 16.0 Å². The molecule has 0 radical (unpaired) electrons. The van der Waals surface area contributed by atoms with Crippen LogP contribution in [0.2, 0.25) is 0 Å². The van der Waals surface area contributed by atoms with E-state index >= 15 is 0 Å². The number of carboxylic acids is 3. The van der Waals surface area contributed by atoms with Gasteiger partial charge in [0.15, 0.2) is 0 Å². The molecule has 0 aromatic heterocycles. The first-order valence-corrected chi connectivity index (χ1v) is 8.23. The smallest absolute Gasteiger partial charge is 0.320 e. The molecule has 0 spiro atoms. The van der Waals surface area contributed by atoms with Crippen molar-refractivity contribution in [3.05, 3.63) is 0 Å². The van der Waals surface area contributed by atoms with Gasteiger partial charge < -0.3 is 20.6 Å². The molecule has 9 heteroatoms. The first-order valence-electron chi connectivity index (χ1n) is 8.23. The van der Waals surface area contributed by atoms with E-state index in [1.54, 1.807) is 0 Å². The number of carbonyl (C=O) groups is 3. The van der Waals surface area contributed by atoms with Crippen molar-refractivity contribution in [3.8, 4) is 0 Å². The summed E-state index contributed by atoms with van der Waals surface area (Å²) in [6.45, 7) is 3.85. The number of hydrogen-bond acceptors (Lipinski definition) is 6. The van der Waals surface area contributed by atoms with Crippen molar-refractivity contribution in [2.75, 3.05) is 19.8 Å². The molecule has 0 aliphatic carbocycles. The fourth-order valence-corrected chi connectivity index (χ4v) is 2.10. The zero-order valence-corrected chi connectivity index (χ0v) is 14.1. The third-order valence-electron chi connectivity index (χ3n) is 3.46. The van der Waals surface area contributed by atoms with Crippen molar-refractivity contribution < 1.29 is 29.7 Å². The van der Waals surface area contributed by atoms with E-state index in [0.717, 1.165) is 32.4 Å². The molecule has 0 heterocycles. The van der Waals surface area contributed by atoms with Gasteiger partial charge >= 0.3 is 17.9 Å². The van der Waals surface area contributed by atoms with Gasteiger partial charge in [-0.15, -0.1) is 0 Å². The van der Waals surface area contributed by atoms with Gasteiger partial charge in [-0.3, -0.25) is 25.0 Å². The number of aliphatic carboxylic acids is 3. The average Bonchev–Trinajstić information content (AvgIpc) is 2.50. The van der Waals surface area contributed by atoms with E-state index in [0.29, 0.717) is 6.42 Å². The van der Waals surface area contributed by atoms with Gasteiger partial charge in [0, 0.05) is 13.1 Å². The van der Waals surface area contributed by atoms with Gasteiger partial charge in [-0.2, -0.15) is 0 Å². The molecular formula is C15H29N3O6. The predicted octanol–water partition coefficient (Wildman–Crippen LogP) is 0.0642. The first kappa shape index (κ1) is 22.3. The summed E-state index contributed by atoms with van der Waals surface area (Å²) in [5.74, 6) is -3.22. The molecule has 0 aromatic carbocycles. The van der Waals surface area contributed by atoms with Crippen LogP contribution in [0, 0.1) is 0 Å². The minimum atomic E-state index is -1.16. The SMILES string of the molecule is CCCNCCCCC(NCNC(CCC(=O)O)C(=O)O)C(=O)O. The number of rotatable bonds is 16. The molecular weight excluding hydrogens is 318 g/mol. The molecule has 24 heavy (non-hydrogen) atoms. The Kier molecular flexibility index (Phi) is 12.7. The van der Waals surface area contributed by atoms with Crippen molar-refractivity contribution in [3.63, 3.8) is 0 Å². The largest absolute Gasteiger partial charge is 0.481 e. The van der Waals surface area contributed by atoms with Crippen LogP contribution < -0.4 is 16.0 Å². The molecule has 0 amide bonds. The fraction of sp³-hybridized carbons (Fsp3) is 0.800. The van der Waals surface area contributed by atoms with E-state index in [1.807, 2.05) is 0 Å². The highest BCUT2D eigenvalue weighted by Crippen LogP contribution is 2.02. The lowest BCUT2D eigenvalue weighted by atomic mass is 10.1. The molecule has 2 atom stereocenters. The molecule has 0 fully saturated rings. The highest BCUT2D eigenvalue weighted by atomic mass is 16.4. The van der Waals surface area contributed by atoms with E-state index in [1.165, 1.54) is 0 Å². The number of hydrogen-bond donors (Lipinski definition) is 6. The molecule has 0 aliphatic heterocycles. The van der Waals surface area contributed by atoms with Gasteiger partial charge in [0.05, 0.1) is 0 Å². The highest BCUT2D eigenvalue weighted by molar-refractivity contribution is 5.75. The Morgan fingerprint density at radius 2 is 1.46 bits per heavy atom. The quantitative estimate of drug-likeness (QED) is 0.168. The summed E-state index contributed by atoms with van der Waals surface area (Å²) in [5, 5.41) is 35.4. The van der Waals surface area contributed by atoms with Crippen molar-refractivity contribution in [1.29, 1.82) is 0 Å². The van der Waals surface area contributed by atoms with Gasteiger partial charge in [0.2, 0.25) is 0 Å². The molecule has 0 saturated carbocycles. The molecule has 140 valence electrons. The van der Waals surface area contributed by atoms with Crippen molar-refractivity contribution in [2.45, 2.75) is 57.5 Å². The van der Waals surface area contributed by atoms with Crippen LogP contribution in [-0.2, 0) is 14.4 Å². The first-order chi connectivity index (χ1) is 11.4. The summed E-state index contributed by atoms with van der Waals surface area (Å²) in [5.41, 5.74) is 0. The van der Waals surface area contributed by atoms with Crippen LogP contribution in [0.1, 0.15) is 45.4 Å². The summed E-state index contributed by atoms with van der Waals surface area (Å²) in [6.07, 6.45) is 2.77. The summed E-state index contributed by atoms with van der Waals surface area (Å²) < 4.78 is 0. The molecule has 0 saturated heterocycles. The summed E-state index contributed by atoms with van der Waals surface area (Å²) in [7, 11) is 0. The zero-order valence-electron chi connectivity index (χ0n) is 14.1. The lowest BCUT2D eigenvalue weighted by Gasteiger charge is -2.18. The Hall–Kier alpha value is -1.71. The second kappa shape index (κ2) is 13.7. The standard InChI is InChI=1S/C15H29N3O6/c1-2-8-16-9-4-3-5-11(14(21)22)17-10-18-12(15(23)24)6-7-13(19)20/h11-12,16-18H,2-10H2,1H3,(H,19,20)(H,21,22)(H,23,24). The topological polar surface area (TPSA) is 148 Å². The molecule has 0 aromatic rings. The van der Waals surface area contributed by atoms with Gasteiger partial charge in [-0.25, -0.2) is 0 Å². The fourth-order valence-electron chi connectivity index (χ4n) is 2.10. The normalized spacial score (nSPS) is 13.4. The minimum Gasteiger partial charge on any atom is -0.481 e. The molecule has 0 bridgehead atoms. The zero-order chi connectivity index (χ0) is 18.4. The lowest BCUT2D eigenvalue weighted by molar-refractivity contribution is -0.141. The third-order valence-corrected chi connectivity index (χ3v) is 3.46. The Labute approximate surface area is 141 Å². The Balaban J connectivity index is 4.07. The summed E-state index contributed by atoms with van der Waals surface area (Å²) in [4.78, 5) is 32.7. The Morgan fingerprint density at radius 3 is 1.96 bits per heavy atom. The van der Waals surface area contributed by atoms with Crippen LogP contribution in [0.25, 0.3) is 0 Å². The predicted molar refractivity (Wildman–Crippen MR) is 87.9 cm³/mol. The van der Waals surface area contributed by atoms with Crippen molar-refractivity contribution >= 4 is 17.9 Å². The Bertz CT molecular complexity index is 391. The second-order valence-corrected chi connectivity index (χ2v) is 5.54. The monoisotopic (exact) mass is 347 g/mol. The molecule has 0 aliphatic rings. The van der Waals surface area contributed by atoms with Crippen LogP contribution in [0.15, 0.2) is 0 Å². The maximum Gasteiger partial charge on any atom is 0.320 e. The highest BCUT2D eigenvalue weighted by Gasteiger charge is 2.20. The molecule has 2 unspecified atom stereocenters. The van der Waals surface area contributed by atoms with Crippen LogP contribution in [0.5, 0.6) is 0 Å². The maximum atomic E-state index is 11.2. The molecule has 6 N–H and O–H groups in total. The minimum absolute atomic E-state index is 0.0123.